The maximum Gasteiger partial charge on any atom is 0.242 e. The average molecular weight is 594 g/mol. The van der Waals surface area contributed by atoms with Crippen molar-refractivity contribution in [2.75, 3.05) is 37.6 Å². The van der Waals surface area contributed by atoms with Gasteiger partial charge >= 0.3 is 0 Å². The van der Waals surface area contributed by atoms with E-state index in [0.717, 1.165) is 16.8 Å². The van der Waals surface area contributed by atoms with Crippen molar-refractivity contribution in [3.8, 4) is 5.75 Å². The van der Waals surface area contributed by atoms with Gasteiger partial charge in [0.1, 0.15) is 11.8 Å². The van der Waals surface area contributed by atoms with Gasteiger partial charge in [0, 0.05) is 50.3 Å². The number of carbonyl (C=O) groups is 2. The van der Waals surface area contributed by atoms with Gasteiger partial charge in [-0.05, 0) is 66.8 Å². The second-order valence-electron chi connectivity index (χ2n) is 10.9. The second-order valence-corrected chi connectivity index (χ2v) is 13.6. The Morgan fingerprint density at radius 1 is 0.905 bits per heavy atom. The topological polar surface area (TPSA) is 97.0 Å². The fourth-order valence-corrected chi connectivity index (χ4v) is 7.16. The lowest BCUT2D eigenvalue weighted by atomic mass is 9.96. The lowest BCUT2D eigenvalue weighted by Gasteiger charge is -2.33. The molecule has 0 aliphatic rings. The first-order valence-electron chi connectivity index (χ1n) is 14.3. The van der Waals surface area contributed by atoms with Gasteiger partial charge in [0.25, 0.3) is 0 Å². The molecule has 3 aromatic rings. The van der Waals surface area contributed by atoms with E-state index in [0.29, 0.717) is 24.4 Å². The number of anilines is 2. The number of carbonyl (C=O) groups excluding carboxylic acids is 2. The lowest BCUT2D eigenvalue weighted by molar-refractivity contribution is -0.127. The molecule has 2 amide bonds. The molecule has 0 aliphatic heterocycles. The highest BCUT2D eigenvalue weighted by molar-refractivity contribution is 7.58. The summed E-state index contributed by atoms with van der Waals surface area (Å²) in [4.78, 5) is 28.5. The molecule has 9 heteroatoms. The molecular formula is C33H44N3O5P. The molecule has 3 aromatic carbocycles. The van der Waals surface area contributed by atoms with Crippen molar-refractivity contribution in [1.29, 1.82) is 0 Å². The average Bonchev–Trinajstić information content (AvgIpc) is 3.00. The van der Waals surface area contributed by atoms with E-state index in [1.807, 2.05) is 56.3 Å². The Kier molecular flexibility index (Phi) is 12.2. The van der Waals surface area contributed by atoms with Crippen molar-refractivity contribution in [1.82, 2.24) is 5.32 Å². The largest absolute Gasteiger partial charge is 0.497 e. The fraction of sp³-hybridized carbons (Fsp3) is 0.394. The van der Waals surface area contributed by atoms with E-state index in [1.54, 1.807) is 45.3 Å². The van der Waals surface area contributed by atoms with Gasteiger partial charge < -0.3 is 19.9 Å². The highest BCUT2D eigenvalue weighted by Crippen LogP contribution is 2.52. The third kappa shape index (κ3) is 9.20. The van der Waals surface area contributed by atoms with E-state index >= 15 is 0 Å². The number of amides is 2. The first-order chi connectivity index (χ1) is 20.1. The molecule has 0 saturated carbocycles. The smallest absolute Gasteiger partial charge is 0.242 e. The van der Waals surface area contributed by atoms with Crippen molar-refractivity contribution < 1.29 is 23.4 Å². The molecule has 0 saturated heterocycles. The van der Waals surface area contributed by atoms with Crippen molar-refractivity contribution in [3.05, 3.63) is 90.0 Å². The van der Waals surface area contributed by atoms with Crippen molar-refractivity contribution >= 4 is 30.6 Å². The summed E-state index contributed by atoms with van der Waals surface area (Å²) in [6, 6.07) is 24.1. The summed E-state index contributed by atoms with van der Waals surface area (Å²) in [6.07, 6.45) is 0.757. The van der Waals surface area contributed by atoms with E-state index in [2.05, 4.69) is 22.8 Å². The summed E-state index contributed by atoms with van der Waals surface area (Å²) in [6.45, 7) is 6.42. The summed E-state index contributed by atoms with van der Waals surface area (Å²) < 4.78 is 25.2. The minimum absolute atomic E-state index is 0.0648. The van der Waals surface area contributed by atoms with Gasteiger partial charge in [-0.1, -0.05) is 56.3 Å². The predicted molar refractivity (Wildman–Crippen MR) is 170 cm³/mol. The van der Waals surface area contributed by atoms with Crippen LogP contribution in [-0.2, 0) is 31.4 Å². The zero-order valence-electron chi connectivity index (χ0n) is 25.5. The summed E-state index contributed by atoms with van der Waals surface area (Å²) in [5.41, 5.74) is 3.50. The summed E-state index contributed by atoms with van der Waals surface area (Å²) in [5, 5.41) is 6.07. The molecule has 0 radical (unpaired) electrons. The second kappa shape index (κ2) is 15.6. The first kappa shape index (κ1) is 32.9. The van der Waals surface area contributed by atoms with Crippen LogP contribution in [-0.4, -0.2) is 45.3 Å². The Morgan fingerprint density at radius 3 is 2.17 bits per heavy atom. The molecule has 3 rings (SSSR count). The fourth-order valence-electron chi connectivity index (χ4n) is 5.03. The molecule has 0 bridgehead atoms. The highest BCUT2D eigenvalue weighted by Gasteiger charge is 2.37. The molecular weight excluding hydrogens is 549 g/mol. The number of methoxy groups -OCH3 is 1. The zero-order chi connectivity index (χ0) is 30.7. The minimum Gasteiger partial charge on any atom is -0.497 e. The molecule has 2 N–H and O–H groups in total. The van der Waals surface area contributed by atoms with Crippen LogP contribution in [0.2, 0.25) is 0 Å². The normalized spacial score (nSPS) is 14.0. The maximum absolute atomic E-state index is 14.2. The van der Waals surface area contributed by atoms with Crippen LogP contribution in [0.4, 0.5) is 11.4 Å². The van der Waals surface area contributed by atoms with Gasteiger partial charge in [0.2, 0.25) is 19.2 Å². The quantitative estimate of drug-likeness (QED) is 0.194. The van der Waals surface area contributed by atoms with Crippen LogP contribution in [0.3, 0.4) is 0 Å². The van der Waals surface area contributed by atoms with Gasteiger partial charge in [-0.2, -0.15) is 0 Å². The standard InChI is InChI=1S/C33H44N3O5P/c1-24(2)19-28(33(38)36(25(3)32(37)34-4)30-15-17-31(40-5)18-16-30)23-42(39,41-6)22-27-13-10-14-29(20-27)35-21-26-11-8-7-9-12-26/h7-18,20,24-25,28,35H,19,21-23H2,1-6H3,(H,34,37). The number of likely N-dealkylation sites (N-methyl/N-ethyl adjacent to an activating group) is 1. The van der Waals surface area contributed by atoms with Gasteiger partial charge in [0.05, 0.1) is 7.11 Å². The highest BCUT2D eigenvalue weighted by atomic mass is 31.2. The molecule has 8 nitrogen and oxygen atoms in total. The van der Waals surface area contributed by atoms with Crippen molar-refractivity contribution in [2.24, 2.45) is 11.8 Å². The Labute approximate surface area is 250 Å². The number of nitrogens with zero attached hydrogens (tertiary/aromatic N) is 1. The Bertz CT molecular complexity index is 1350. The summed E-state index contributed by atoms with van der Waals surface area (Å²) in [7, 11) is 1.28. The van der Waals surface area contributed by atoms with E-state index < -0.39 is 19.3 Å². The number of rotatable bonds is 15. The van der Waals surface area contributed by atoms with Gasteiger partial charge in [-0.25, -0.2) is 0 Å². The Hall–Kier alpha value is -3.61. The molecule has 0 aromatic heterocycles. The predicted octanol–water partition coefficient (Wildman–Crippen LogP) is 6.56. The summed E-state index contributed by atoms with van der Waals surface area (Å²) >= 11 is 0. The summed E-state index contributed by atoms with van der Waals surface area (Å²) in [5.74, 6) is -0.383. The number of nitrogens with one attached hydrogen (secondary N) is 2. The van der Waals surface area contributed by atoms with Crippen LogP contribution in [0.1, 0.15) is 38.3 Å². The molecule has 3 unspecified atom stereocenters. The first-order valence-corrected chi connectivity index (χ1v) is 16.3. The zero-order valence-corrected chi connectivity index (χ0v) is 26.4. The van der Waals surface area contributed by atoms with Crippen molar-refractivity contribution in [2.45, 2.75) is 45.9 Å². The number of hydrogen-bond acceptors (Lipinski definition) is 6. The van der Waals surface area contributed by atoms with Gasteiger partial charge in [-0.3, -0.25) is 19.1 Å². The molecule has 3 atom stereocenters. The maximum atomic E-state index is 14.2. The van der Waals surface area contributed by atoms with Crippen LogP contribution in [0.15, 0.2) is 78.9 Å². The Morgan fingerprint density at radius 2 is 1.57 bits per heavy atom. The molecule has 0 spiro atoms. The molecule has 0 heterocycles. The van der Waals surface area contributed by atoms with Crippen molar-refractivity contribution in [3.63, 3.8) is 0 Å². The van der Waals surface area contributed by atoms with E-state index in [1.165, 1.54) is 12.0 Å². The molecule has 226 valence electrons. The van der Waals surface area contributed by atoms with Crippen LogP contribution in [0, 0.1) is 11.8 Å². The molecule has 0 aliphatic carbocycles. The SMILES string of the molecule is CNC(=O)C(C)N(C(=O)C(CC(C)C)CP(=O)(Cc1cccc(NCc2ccccc2)c1)OC)c1ccc(OC)cc1. The van der Waals surface area contributed by atoms with E-state index in [-0.39, 0.29) is 30.1 Å². The monoisotopic (exact) mass is 593 g/mol. The number of benzene rings is 3. The lowest BCUT2D eigenvalue weighted by Crippen LogP contribution is -2.50. The molecule has 42 heavy (non-hydrogen) atoms. The third-order valence-corrected chi connectivity index (χ3v) is 9.74. The van der Waals surface area contributed by atoms with E-state index in [9.17, 15) is 14.2 Å². The van der Waals surface area contributed by atoms with Crippen LogP contribution >= 0.6 is 7.37 Å². The number of hydrogen-bond donors (Lipinski definition) is 2. The van der Waals surface area contributed by atoms with E-state index in [4.69, 9.17) is 9.26 Å². The minimum atomic E-state index is -3.29. The van der Waals surface area contributed by atoms with Crippen LogP contribution in [0.25, 0.3) is 0 Å². The van der Waals surface area contributed by atoms with Crippen LogP contribution < -0.4 is 20.3 Å². The number of ether oxygens (including phenoxy) is 1. The molecule has 0 fully saturated rings. The van der Waals surface area contributed by atoms with Crippen LogP contribution in [0.5, 0.6) is 5.75 Å². The Balaban J connectivity index is 1.86. The third-order valence-electron chi connectivity index (χ3n) is 7.23. The van der Waals surface area contributed by atoms with Gasteiger partial charge in [0.15, 0.2) is 0 Å². The van der Waals surface area contributed by atoms with Gasteiger partial charge in [-0.15, -0.1) is 0 Å².